The largest absolute Gasteiger partial charge is 0.480 e. The summed E-state index contributed by atoms with van der Waals surface area (Å²) in [5, 5.41) is 11.9. The maximum atomic E-state index is 11.9. The highest BCUT2D eigenvalue weighted by molar-refractivity contribution is 5.80. The molecule has 1 unspecified atom stereocenters. The van der Waals surface area contributed by atoms with Crippen molar-refractivity contribution in [3.8, 4) is 0 Å². The van der Waals surface area contributed by atoms with Crippen LogP contribution in [0.1, 0.15) is 57.1 Å². The van der Waals surface area contributed by atoms with Gasteiger partial charge in [0, 0.05) is 0 Å². The molecule has 1 aliphatic carbocycles. The van der Waals surface area contributed by atoms with E-state index >= 15 is 0 Å². The van der Waals surface area contributed by atoms with Gasteiger partial charge >= 0.3 is 12.1 Å². The van der Waals surface area contributed by atoms with Crippen molar-refractivity contribution in [2.75, 3.05) is 0 Å². The van der Waals surface area contributed by atoms with Crippen LogP contribution in [0.2, 0.25) is 0 Å². The molecule has 0 saturated carbocycles. The second-order valence-corrected chi connectivity index (χ2v) is 7.06. The standard InChI is InChI=1S/C18H25NO4/c1-18(2,3)23-17(22)19-15(16(20)21)11-13-9-6-8-12-7-4-5-10-14(12)13/h4-5,7,10,13,15H,6,8-9,11H2,1-3H3,(H,19,22)(H,20,21)/t13?,15-/m1/s1. The van der Waals surface area contributed by atoms with E-state index in [0.717, 1.165) is 19.3 Å². The molecule has 126 valence electrons. The van der Waals surface area contributed by atoms with Gasteiger partial charge in [0.15, 0.2) is 0 Å². The molecule has 0 aromatic heterocycles. The minimum absolute atomic E-state index is 0.149. The maximum Gasteiger partial charge on any atom is 0.408 e. The SMILES string of the molecule is CC(C)(C)OC(=O)N[C@H](CC1CCCc2ccccc21)C(=O)O. The Bertz CT molecular complexity index is 577. The van der Waals surface area contributed by atoms with Crippen molar-refractivity contribution in [1.82, 2.24) is 5.32 Å². The molecular weight excluding hydrogens is 294 g/mol. The van der Waals surface area contributed by atoms with Gasteiger partial charge in [-0.05, 0) is 63.5 Å². The van der Waals surface area contributed by atoms with Gasteiger partial charge in [-0.3, -0.25) is 0 Å². The normalized spacial score (nSPS) is 18.7. The molecule has 2 rings (SSSR count). The maximum absolute atomic E-state index is 11.9. The predicted octanol–water partition coefficient (Wildman–Crippen LogP) is 3.47. The molecule has 0 fully saturated rings. The molecule has 1 aromatic rings. The third kappa shape index (κ3) is 4.98. The van der Waals surface area contributed by atoms with Gasteiger partial charge in [0.25, 0.3) is 0 Å². The number of hydrogen-bond acceptors (Lipinski definition) is 3. The van der Waals surface area contributed by atoms with Gasteiger partial charge in [0.1, 0.15) is 11.6 Å². The van der Waals surface area contributed by atoms with Crippen LogP contribution in [0.5, 0.6) is 0 Å². The Morgan fingerprint density at radius 3 is 2.70 bits per heavy atom. The molecule has 2 atom stereocenters. The van der Waals surface area contributed by atoms with Gasteiger partial charge < -0.3 is 15.2 Å². The number of amides is 1. The molecule has 1 amide bonds. The number of carboxylic acid groups (broad SMARTS) is 1. The molecule has 0 radical (unpaired) electrons. The van der Waals surface area contributed by atoms with Gasteiger partial charge in [-0.1, -0.05) is 24.3 Å². The molecular formula is C18H25NO4. The number of hydrogen-bond donors (Lipinski definition) is 2. The highest BCUT2D eigenvalue weighted by Gasteiger charge is 2.29. The van der Waals surface area contributed by atoms with Gasteiger partial charge in [-0.15, -0.1) is 0 Å². The molecule has 5 nitrogen and oxygen atoms in total. The van der Waals surface area contributed by atoms with Crippen molar-refractivity contribution >= 4 is 12.1 Å². The minimum atomic E-state index is -1.03. The molecule has 0 aliphatic heterocycles. The topological polar surface area (TPSA) is 75.6 Å². The number of carbonyl (C=O) groups excluding carboxylic acids is 1. The monoisotopic (exact) mass is 319 g/mol. The summed E-state index contributed by atoms with van der Waals surface area (Å²) in [6.07, 6.45) is 2.71. The lowest BCUT2D eigenvalue weighted by Gasteiger charge is -2.28. The van der Waals surface area contributed by atoms with Crippen LogP contribution in [-0.4, -0.2) is 28.8 Å². The van der Waals surface area contributed by atoms with E-state index in [0.29, 0.717) is 6.42 Å². The highest BCUT2D eigenvalue weighted by atomic mass is 16.6. The fraction of sp³-hybridized carbons (Fsp3) is 0.556. The molecule has 2 N–H and O–H groups in total. The number of fused-ring (bicyclic) bond motifs is 1. The van der Waals surface area contributed by atoms with E-state index in [1.54, 1.807) is 20.8 Å². The van der Waals surface area contributed by atoms with Crippen LogP contribution < -0.4 is 5.32 Å². The first kappa shape index (κ1) is 17.3. The number of nitrogens with one attached hydrogen (secondary N) is 1. The fourth-order valence-electron chi connectivity index (χ4n) is 3.06. The summed E-state index contributed by atoms with van der Waals surface area (Å²) in [5.74, 6) is -0.880. The summed E-state index contributed by atoms with van der Waals surface area (Å²) in [6, 6.07) is 7.20. The number of aryl methyl sites for hydroxylation is 1. The lowest BCUT2D eigenvalue weighted by atomic mass is 9.79. The number of carboxylic acids is 1. The van der Waals surface area contributed by atoms with Crippen LogP contribution in [0.3, 0.4) is 0 Å². The third-order valence-electron chi connectivity index (χ3n) is 4.00. The first-order valence-electron chi connectivity index (χ1n) is 8.06. The van der Waals surface area contributed by atoms with Crippen molar-refractivity contribution in [2.24, 2.45) is 0 Å². The van der Waals surface area contributed by atoms with Gasteiger partial charge in [0.05, 0.1) is 0 Å². The van der Waals surface area contributed by atoms with Gasteiger partial charge in [-0.2, -0.15) is 0 Å². The Morgan fingerprint density at radius 1 is 1.35 bits per heavy atom. The van der Waals surface area contributed by atoms with E-state index in [9.17, 15) is 14.7 Å². The Morgan fingerprint density at radius 2 is 2.04 bits per heavy atom. The average molecular weight is 319 g/mol. The number of alkyl carbamates (subject to hydrolysis) is 1. The zero-order valence-corrected chi connectivity index (χ0v) is 14.0. The van der Waals surface area contributed by atoms with E-state index in [2.05, 4.69) is 17.4 Å². The summed E-state index contributed by atoms with van der Waals surface area (Å²) < 4.78 is 5.16. The highest BCUT2D eigenvalue weighted by Crippen LogP contribution is 2.34. The zero-order chi connectivity index (χ0) is 17.0. The fourth-order valence-corrected chi connectivity index (χ4v) is 3.06. The molecule has 0 spiro atoms. The first-order chi connectivity index (χ1) is 10.8. The molecule has 0 heterocycles. The van der Waals surface area contributed by atoms with Crippen molar-refractivity contribution in [3.05, 3.63) is 35.4 Å². The predicted molar refractivity (Wildman–Crippen MR) is 87.5 cm³/mol. The quantitative estimate of drug-likeness (QED) is 0.891. The van der Waals surface area contributed by atoms with E-state index < -0.39 is 23.7 Å². The van der Waals surface area contributed by atoms with Gasteiger partial charge in [-0.25, -0.2) is 9.59 Å². The summed E-state index contributed by atoms with van der Waals surface area (Å²) in [7, 11) is 0. The van der Waals surface area contributed by atoms with E-state index in [4.69, 9.17) is 4.74 Å². The molecule has 5 heteroatoms. The molecule has 23 heavy (non-hydrogen) atoms. The molecule has 1 aliphatic rings. The third-order valence-corrected chi connectivity index (χ3v) is 4.00. The second-order valence-electron chi connectivity index (χ2n) is 7.06. The van der Waals surface area contributed by atoms with Crippen LogP contribution in [-0.2, 0) is 16.0 Å². The number of ether oxygens (including phenoxy) is 1. The minimum Gasteiger partial charge on any atom is -0.480 e. The number of benzene rings is 1. The Kier molecular flexibility index (Phi) is 5.29. The van der Waals surface area contributed by atoms with Crippen LogP contribution >= 0.6 is 0 Å². The Hall–Kier alpha value is -2.04. The van der Waals surface area contributed by atoms with E-state index in [-0.39, 0.29) is 5.92 Å². The van der Waals surface area contributed by atoms with E-state index in [1.807, 2.05) is 12.1 Å². The average Bonchev–Trinajstić information content (AvgIpc) is 2.44. The Balaban J connectivity index is 2.06. The van der Waals surface area contributed by atoms with Crippen LogP contribution in [0.25, 0.3) is 0 Å². The number of rotatable bonds is 4. The summed E-state index contributed by atoms with van der Waals surface area (Å²) in [6.45, 7) is 5.25. The summed E-state index contributed by atoms with van der Waals surface area (Å²) >= 11 is 0. The number of carbonyl (C=O) groups is 2. The molecule has 1 aromatic carbocycles. The zero-order valence-electron chi connectivity index (χ0n) is 14.0. The van der Waals surface area contributed by atoms with Crippen molar-refractivity contribution < 1.29 is 19.4 Å². The van der Waals surface area contributed by atoms with Crippen molar-refractivity contribution in [1.29, 1.82) is 0 Å². The van der Waals surface area contributed by atoms with Crippen LogP contribution in [0, 0.1) is 0 Å². The summed E-state index contributed by atoms with van der Waals surface area (Å²) in [5.41, 5.74) is 1.84. The van der Waals surface area contributed by atoms with Crippen LogP contribution in [0.15, 0.2) is 24.3 Å². The second kappa shape index (κ2) is 7.02. The van der Waals surface area contributed by atoms with Crippen LogP contribution in [0.4, 0.5) is 4.79 Å². The lowest BCUT2D eigenvalue weighted by Crippen LogP contribution is -2.44. The molecule has 0 saturated heterocycles. The lowest BCUT2D eigenvalue weighted by molar-refractivity contribution is -0.139. The first-order valence-corrected chi connectivity index (χ1v) is 8.06. The molecule has 0 bridgehead atoms. The summed E-state index contributed by atoms with van der Waals surface area (Å²) in [4.78, 5) is 23.4. The van der Waals surface area contributed by atoms with Gasteiger partial charge in [0.2, 0.25) is 0 Å². The van der Waals surface area contributed by atoms with Crippen molar-refractivity contribution in [2.45, 2.75) is 64.0 Å². The Labute approximate surface area is 137 Å². The number of aliphatic carboxylic acids is 1. The van der Waals surface area contributed by atoms with Crippen molar-refractivity contribution in [3.63, 3.8) is 0 Å². The smallest absolute Gasteiger partial charge is 0.408 e. The van der Waals surface area contributed by atoms with E-state index in [1.165, 1.54) is 11.1 Å².